The number of ketones is 1. The van der Waals surface area contributed by atoms with Crippen molar-refractivity contribution >= 4 is 33.5 Å². The van der Waals surface area contributed by atoms with Crippen LogP contribution in [0.25, 0.3) is 0 Å². The Balaban J connectivity index is 2.13. The molecule has 0 fully saturated rings. The van der Waals surface area contributed by atoms with Crippen molar-refractivity contribution in [2.75, 3.05) is 0 Å². The second kappa shape index (κ2) is 6.59. The van der Waals surface area contributed by atoms with Crippen molar-refractivity contribution in [2.24, 2.45) is 0 Å². The molecule has 2 rings (SSSR count). The van der Waals surface area contributed by atoms with Crippen LogP contribution in [0.2, 0.25) is 0 Å². The van der Waals surface area contributed by atoms with E-state index in [1.165, 1.54) is 16.0 Å². The van der Waals surface area contributed by atoms with Gasteiger partial charge in [0.2, 0.25) is 0 Å². The molecule has 0 saturated carbocycles. The lowest BCUT2D eigenvalue weighted by Crippen LogP contribution is -2.13. The predicted octanol–water partition coefficient (Wildman–Crippen LogP) is 5.43. The minimum absolute atomic E-state index is 0.0856. The third-order valence-electron chi connectivity index (χ3n) is 3.13. The zero-order chi connectivity index (χ0) is 14.7. The van der Waals surface area contributed by atoms with Crippen LogP contribution >= 0.6 is 27.7 Å². The average Bonchev–Trinajstić information content (AvgIpc) is 2.42. The number of thioether (sulfide) groups is 1. The van der Waals surface area contributed by atoms with Gasteiger partial charge in [0.25, 0.3) is 0 Å². The molecule has 0 aromatic heterocycles. The molecule has 3 heteroatoms. The third kappa shape index (κ3) is 3.74. The highest BCUT2D eigenvalue weighted by Gasteiger charge is 2.17. The van der Waals surface area contributed by atoms with Crippen LogP contribution in [0.15, 0.2) is 51.8 Å². The molecule has 0 heterocycles. The van der Waals surface area contributed by atoms with E-state index in [0.717, 1.165) is 10.0 Å². The van der Waals surface area contributed by atoms with Gasteiger partial charge in [-0.1, -0.05) is 45.8 Å². The maximum absolute atomic E-state index is 12.4. The van der Waals surface area contributed by atoms with Gasteiger partial charge in [-0.25, -0.2) is 0 Å². The Kier molecular flexibility index (Phi) is 5.06. The van der Waals surface area contributed by atoms with Gasteiger partial charge in [0, 0.05) is 14.9 Å². The second-order valence-corrected chi connectivity index (χ2v) is 7.20. The summed E-state index contributed by atoms with van der Waals surface area (Å²) in [7, 11) is 0. The van der Waals surface area contributed by atoms with Crippen LogP contribution in [0.5, 0.6) is 0 Å². The molecule has 0 aliphatic heterocycles. The molecule has 0 spiro atoms. The van der Waals surface area contributed by atoms with E-state index in [1.54, 1.807) is 11.8 Å². The SMILES string of the molecule is Cc1ccc(SC(C)C(=O)c2ccc(Br)cc2)c(C)c1. The lowest BCUT2D eigenvalue weighted by atomic mass is 10.1. The molecule has 2 aromatic carbocycles. The summed E-state index contributed by atoms with van der Waals surface area (Å²) in [5, 5.41) is -0.0856. The summed E-state index contributed by atoms with van der Waals surface area (Å²) in [6, 6.07) is 13.9. The number of benzene rings is 2. The number of carbonyl (C=O) groups excluding carboxylic acids is 1. The van der Waals surface area contributed by atoms with Gasteiger partial charge in [-0.15, -0.1) is 11.8 Å². The Hall–Kier alpha value is -1.06. The smallest absolute Gasteiger partial charge is 0.175 e. The van der Waals surface area contributed by atoms with Crippen molar-refractivity contribution in [1.82, 2.24) is 0 Å². The molecule has 0 aliphatic carbocycles. The Morgan fingerprint density at radius 1 is 1.10 bits per heavy atom. The number of aryl methyl sites for hydroxylation is 2. The first-order valence-corrected chi connectivity index (χ1v) is 8.18. The molecular weight excluding hydrogens is 332 g/mol. The van der Waals surface area contributed by atoms with Gasteiger partial charge in [-0.2, -0.15) is 0 Å². The Morgan fingerprint density at radius 3 is 2.35 bits per heavy atom. The fourth-order valence-electron chi connectivity index (χ4n) is 2.02. The molecule has 1 unspecified atom stereocenters. The number of carbonyl (C=O) groups is 1. The number of hydrogen-bond donors (Lipinski definition) is 0. The van der Waals surface area contributed by atoms with Gasteiger partial charge in [0.15, 0.2) is 5.78 Å². The minimum Gasteiger partial charge on any atom is -0.293 e. The minimum atomic E-state index is -0.0856. The maximum atomic E-state index is 12.4. The molecule has 1 atom stereocenters. The average molecular weight is 349 g/mol. The first kappa shape index (κ1) is 15.3. The van der Waals surface area contributed by atoms with Crippen molar-refractivity contribution < 1.29 is 4.79 Å². The van der Waals surface area contributed by atoms with Gasteiger partial charge in [0.1, 0.15) is 0 Å². The molecule has 0 aliphatic rings. The van der Waals surface area contributed by atoms with E-state index in [0.29, 0.717) is 0 Å². The molecule has 104 valence electrons. The van der Waals surface area contributed by atoms with Crippen molar-refractivity contribution in [3.63, 3.8) is 0 Å². The number of halogens is 1. The van der Waals surface area contributed by atoms with E-state index in [1.807, 2.05) is 31.2 Å². The summed E-state index contributed by atoms with van der Waals surface area (Å²) in [6.07, 6.45) is 0. The maximum Gasteiger partial charge on any atom is 0.175 e. The summed E-state index contributed by atoms with van der Waals surface area (Å²) in [6.45, 7) is 6.14. The summed E-state index contributed by atoms with van der Waals surface area (Å²) < 4.78 is 0.990. The van der Waals surface area contributed by atoms with Crippen LogP contribution in [-0.4, -0.2) is 11.0 Å². The van der Waals surface area contributed by atoms with Gasteiger partial charge in [-0.3, -0.25) is 4.79 Å². The molecule has 0 saturated heterocycles. The number of rotatable bonds is 4. The van der Waals surface area contributed by atoms with Gasteiger partial charge in [0.05, 0.1) is 5.25 Å². The highest BCUT2D eigenvalue weighted by Crippen LogP contribution is 2.29. The molecule has 20 heavy (non-hydrogen) atoms. The monoisotopic (exact) mass is 348 g/mol. The van der Waals surface area contributed by atoms with Crippen LogP contribution in [0.3, 0.4) is 0 Å². The van der Waals surface area contributed by atoms with Gasteiger partial charge in [-0.05, 0) is 44.5 Å². The largest absolute Gasteiger partial charge is 0.293 e. The van der Waals surface area contributed by atoms with Crippen LogP contribution in [0.4, 0.5) is 0 Å². The molecular formula is C17H17BrOS. The fourth-order valence-corrected chi connectivity index (χ4v) is 3.30. The number of hydrogen-bond acceptors (Lipinski definition) is 2. The third-order valence-corrected chi connectivity index (χ3v) is 4.94. The predicted molar refractivity (Wildman–Crippen MR) is 89.7 cm³/mol. The Bertz CT molecular complexity index is 619. The lowest BCUT2D eigenvalue weighted by Gasteiger charge is -2.12. The summed E-state index contributed by atoms with van der Waals surface area (Å²) >= 11 is 5.01. The lowest BCUT2D eigenvalue weighted by molar-refractivity contribution is 0.0994. The van der Waals surface area contributed by atoms with E-state index in [-0.39, 0.29) is 11.0 Å². The first-order chi connectivity index (χ1) is 9.47. The van der Waals surface area contributed by atoms with E-state index < -0.39 is 0 Å². The van der Waals surface area contributed by atoms with Crippen molar-refractivity contribution in [2.45, 2.75) is 30.9 Å². The summed E-state index contributed by atoms with van der Waals surface area (Å²) in [4.78, 5) is 13.6. The Morgan fingerprint density at radius 2 is 1.75 bits per heavy atom. The van der Waals surface area contributed by atoms with E-state index in [4.69, 9.17) is 0 Å². The highest BCUT2D eigenvalue weighted by atomic mass is 79.9. The molecule has 2 aromatic rings. The van der Waals surface area contributed by atoms with Crippen LogP contribution in [-0.2, 0) is 0 Å². The van der Waals surface area contributed by atoms with E-state index >= 15 is 0 Å². The first-order valence-electron chi connectivity index (χ1n) is 6.51. The van der Waals surface area contributed by atoms with Crippen molar-refractivity contribution in [3.05, 3.63) is 63.6 Å². The second-order valence-electron chi connectivity index (χ2n) is 4.90. The fraction of sp³-hybridized carbons (Fsp3) is 0.235. The van der Waals surface area contributed by atoms with Crippen molar-refractivity contribution in [3.8, 4) is 0 Å². The summed E-state index contributed by atoms with van der Waals surface area (Å²) in [5.41, 5.74) is 3.24. The van der Waals surface area contributed by atoms with E-state index in [2.05, 4.69) is 48.0 Å². The highest BCUT2D eigenvalue weighted by molar-refractivity contribution is 9.10. The Labute approximate surface area is 132 Å². The van der Waals surface area contributed by atoms with Gasteiger partial charge < -0.3 is 0 Å². The van der Waals surface area contributed by atoms with Crippen LogP contribution in [0, 0.1) is 13.8 Å². The molecule has 0 radical (unpaired) electrons. The zero-order valence-electron chi connectivity index (χ0n) is 11.8. The summed E-state index contributed by atoms with van der Waals surface area (Å²) in [5.74, 6) is 0.169. The molecule has 1 nitrogen and oxygen atoms in total. The molecule has 0 bridgehead atoms. The molecule has 0 N–H and O–H groups in total. The van der Waals surface area contributed by atoms with Crippen LogP contribution in [0.1, 0.15) is 28.4 Å². The quantitative estimate of drug-likeness (QED) is 0.541. The topological polar surface area (TPSA) is 17.1 Å². The van der Waals surface area contributed by atoms with Crippen LogP contribution < -0.4 is 0 Å². The zero-order valence-corrected chi connectivity index (χ0v) is 14.2. The van der Waals surface area contributed by atoms with Crippen molar-refractivity contribution in [1.29, 1.82) is 0 Å². The van der Waals surface area contributed by atoms with E-state index in [9.17, 15) is 4.79 Å². The standard InChI is InChI=1S/C17H17BrOS/c1-11-4-9-16(12(2)10-11)20-13(3)17(19)14-5-7-15(18)8-6-14/h4-10,13H,1-3H3. The normalized spacial score (nSPS) is 12.2. The van der Waals surface area contributed by atoms with Gasteiger partial charge >= 0.3 is 0 Å². The number of Topliss-reactive ketones (excluding diaryl/α,β-unsaturated/α-hetero) is 1. The molecule has 0 amide bonds.